The van der Waals surface area contributed by atoms with E-state index in [9.17, 15) is 0 Å². The molecular formula is C14H17N3O2. The van der Waals surface area contributed by atoms with E-state index in [0.29, 0.717) is 17.8 Å². The molecule has 2 aromatic rings. The Morgan fingerprint density at radius 3 is 3.05 bits per heavy atom. The minimum Gasteiger partial charge on any atom is -0.482 e. The van der Waals surface area contributed by atoms with Gasteiger partial charge in [0.2, 0.25) is 11.7 Å². The average Bonchev–Trinajstić information content (AvgIpc) is 3.04. The van der Waals surface area contributed by atoms with Gasteiger partial charge in [0.15, 0.2) is 6.10 Å². The monoisotopic (exact) mass is 259 g/mol. The van der Waals surface area contributed by atoms with Crippen molar-refractivity contribution in [3.63, 3.8) is 0 Å². The number of benzene rings is 1. The fourth-order valence-electron chi connectivity index (χ4n) is 2.17. The van der Waals surface area contributed by atoms with Crippen LogP contribution in [0.25, 0.3) is 0 Å². The van der Waals surface area contributed by atoms with Gasteiger partial charge in [-0.25, -0.2) is 0 Å². The van der Waals surface area contributed by atoms with Crippen molar-refractivity contribution in [2.45, 2.75) is 31.9 Å². The maximum absolute atomic E-state index is 5.84. The molecule has 3 rings (SSSR count). The smallest absolute Gasteiger partial charge is 0.228 e. The van der Waals surface area contributed by atoms with E-state index < -0.39 is 0 Å². The van der Waals surface area contributed by atoms with Crippen molar-refractivity contribution < 1.29 is 9.26 Å². The van der Waals surface area contributed by atoms with Gasteiger partial charge in [0.1, 0.15) is 5.75 Å². The van der Waals surface area contributed by atoms with Crippen LogP contribution in [0, 0.1) is 0 Å². The van der Waals surface area contributed by atoms with Gasteiger partial charge >= 0.3 is 0 Å². The molecule has 100 valence electrons. The van der Waals surface area contributed by atoms with Crippen molar-refractivity contribution >= 4 is 0 Å². The van der Waals surface area contributed by atoms with E-state index in [0.717, 1.165) is 18.6 Å². The average molecular weight is 259 g/mol. The maximum Gasteiger partial charge on any atom is 0.228 e. The van der Waals surface area contributed by atoms with E-state index in [-0.39, 0.29) is 6.10 Å². The van der Waals surface area contributed by atoms with E-state index in [1.54, 1.807) is 0 Å². The summed E-state index contributed by atoms with van der Waals surface area (Å²) < 4.78 is 11.1. The lowest BCUT2D eigenvalue weighted by atomic mass is 10.1. The number of fused-ring (bicyclic) bond motifs is 1. The van der Waals surface area contributed by atoms with Gasteiger partial charge in [0.05, 0.1) is 0 Å². The summed E-state index contributed by atoms with van der Waals surface area (Å²) in [6.45, 7) is 2.08. The van der Waals surface area contributed by atoms with E-state index in [1.807, 2.05) is 25.2 Å². The van der Waals surface area contributed by atoms with Crippen molar-refractivity contribution in [2.75, 3.05) is 7.05 Å². The Bertz CT molecular complexity index is 542. The fraction of sp³-hybridized carbons (Fsp3) is 0.429. The molecule has 1 aliphatic heterocycles. The molecule has 0 aliphatic carbocycles. The van der Waals surface area contributed by atoms with Crippen molar-refractivity contribution in [3.8, 4) is 5.75 Å². The van der Waals surface area contributed by atoms with E-state index in [1.165, 1.54) is 5.56 Å². The molecule has 2 atom stereocenters. The summed E-state index contributed by atoms with van der Waals surface area (Å²) in [7, 11) is 1.92. The molecule has 0 bridgehead atoms. The largest absolute Gasteiger partial charge is 0.482 e. The highest BCUT2D eigenvalue weighted by molar-refractivity contribution is 5.37. The lowest BCUT2D eigenvalue weighted by Crippen LogP contribution is -2.23. The van der Waals surface area contributed by atoms with Crippen LogP contribution in [-0.2, 0) is 12.8 Å². The van der Waals surface area contributed by atoms with Gasteiger partial charge in [0, 0.05) is 18.9 Å². The number of para-hydroxylation sites is 1. The van der Waals surface area contributed by atoms with Gasteiger partial charge in [-0.05, 0) is 25.6 Å². The summed E-state index contributed by atoms with van der Waals surface area (Å²) in [6, 6.07) is 8.34. The zero-order valence-corrected chi connectivity index (χ0v) is 11.1. The summed E-state index contributed by atoms with van der Waals surface area (Å²) >= 11 is 0. The van der Waals surface area contributed by atoms with Crippen molar-refractivity contribution in [1.82, 2.24) is 15.5 Å². The zero-order valence-electron chi connectivity index (χ0n) is 11.1. The highest BCUT2D eigenvalue weighted by atomic mass is 16.5. The molecule has 0 saturated heterocycles. The topological polar surface area (TPSA) is 60.2 Å². The van der Waals surface area contributed by atoms with Crippen LogP contribution in [0.3, 0.4) is 0 Å². The Morgan fingerprint density at radius 1 is 1.42 bits per heavy atom. The molecule has 1 aliphatic rings. The molecule has 5 heteroatoms. The molecule has 1 aromatic carbocycles. The summed E-state index contributed by atoms with van der Waals surface area (Å²) in [4.78, 5) is 4.42. The van der Waals surface area contributed by atoms with Gasteiger partial charge in [-0.3, -0.25) is 0 Å². The molecule has 0 amide bonds. The molecule has 0 fully saturated rings. The van der Waals surface area contributed by atoms with Crippen molar-refractivity contribution in [3.05, 3.63) is 41.5 Å². The van der Waals surface area contributed by atoms with Crippen LogP contribution in [0.4, 0.5) is 0 Å². The second-order valence-electron chi connectivity index (χ2n) is 4.86. The lowest BCUT2D eigenvalue weighted by molar-refractivity contribution is 0.221. The van der Waals surface area contributed by atoms with Crippen LogP contribution in [0.2, 0.25) is 0 Å². The first-order valence-corrected chi connectivity index (χ1v) is 6.50. The van der Waals surface area contributed by atoms with Crippen LogP contribution in [0.5, 0.6) is 5.75 Å². The first kappa shape index (κ1) is 12.2. The van der Waals surface area contributed by atoms with Crippen LogP contribution in [-0.4, -0.2) is 23.2 Å². The number of likely N-dealkylation sites (N-methyl/N-ethyl adjacent to an activating group) is 1. The van der Waals surface area contributed by atoms with Gasteiger partial charge in [0.25, 0.3) is 0 Å². The number of nitrogens with one attached hydrogen (secondary N) is 1. The predicted octanol–water partition coefficient (Wildman–Crippen LogP) is 1.90. The van der Waals surface area contributed by atoms with Crippen LogP contribution in [0.1, 0.15) is 30.3 Å². The number of hydrogen-bond donors (Lipinski definition) is 1. The predicted molar refractivity (Wildman–Crippen MR) is 70.0 cm³/mol. The van der Waals surface area contributed by atoms with Gasteiger partial charge in [-0.1, -0.05) is 23.4 Å². The molecular weight excluding hydrogens is 242 g/mol. The fourth-order valence-corrected chi connectivity index (χ4v) is 2.17. The first-order valence-electron chi connectivity index (χ1n) is 6.50. The molecule has 1 aromatic heterocycles. The SMILES string of the molecule is CNC(C)Cc1nc(C2Cc3ccccc3O2)no1. The molecule has 2 heterocycles. The Hall–Kier alpha value is -1.88. The molecule has 19 heavy (non-hydrogen) atoms. The standard InChI is InChI=1S/C14H17N3O2/c1-9(15-2)7-13-16-14(17-19-13)12-8-10-5-3-4-6-11(10)18-12/h3-6,9,12,15H,7-8H2,1-2H3. The summed E-state index contributed by atoms with van der Waals surface area (Å²) in [5.41, 5.74) is 1.20. The summed E-state index contributed by atoms with van der Waals surface area (Å²) in [6.07, 6.45) is 1.40. The Labute approximate surface area is 112 Å². The Morgan fingerprint density at radius 2 is 2.26 bits per heavy atom. The number of nitrogens with zero attached hydrogens (tertiary/aromatic N) is 2. The third kappa shape index (κ3) is 2.46. The normalized spacial score (nSPS) is 18.9. The highest BCUT2D eigenvalue weighted by Crippen LogP contribution is 2.35. The second kappa shape index (κ2) is 5.01. The van der Waals surface area contributed by atoms with Gasteiger partial charge < -0.3 is 14.6 Å². The lowest BCUT2D eigenvalue weighted by Gasteiger charge is -2.05. The zero-order chi connectivity index (χ0) is 13.2. The van der Waals surface area contributed by atoms with Crippen LogP contribution >= 0.6 is 0 Å². The first-order chi connectivity index (χ1) is 9.26. The maximum atomic E-state index is 5.84. The summed E-state index contributed by atoms with van der Waals surface area (Å²) in [5, 5.41) is 7.18. The number of aromatic nitrogens is 2. The van der Waals surface area contributed by atoms with Crippen LogP contribution < -0.4 is 10.1 Å². The van der Waals surface area contributed by atoms with E-state index >= 15 is 0 Å². The minimum absolute atomic E-state index is 0.125. The van der Waals surface area contributed by atoms with Gasteiger partial charge in [-0.15, -0.1) is 0 Å². The van der Waals surface area contributed by atoms with E-state index in [4.69, 9.17) is 9.26 Å². The number of rotatable bonds is 4. The Kier molecular flexibility index (Phi) is 3.21. The molecule has 0 saturated carbocycles. The molecule has 1 N–H and O–H groups in total. The van der Waals surface area contributed by atoms with Crippen LogP contribution in [0.15, 0.2) is 28.8 Å². The molecule has 0 radical (unpaired) electrons. The highest BCUT2D eigenvalue weighted by Gasteiger charge is 2.28. The molecule has 2 unspecified atom stereocenters. The van der Waals surface area contributed by atoms with Crippen molar-refractivity contribution in [2.24, 2.45) is 0 Å². The quantitative estimate of drug-likeness (QED) is 0.908. The number of hydrogen-bond acceptors (Lipinski definition) is 5. The second-order valence-corrected chi connectivity index (χ2v) is 4.86. The van der Waals surface area contributed by atoms with E-state index in [2.05, 4.69) is 28.4 Å². The third-order valence-electron chi connectivity index (χ3n) is 3.39. The number of ether oxygens (including phenoxy) is 1. The minimum atomic E-state index is -0.125. The molecule has 0 spiro atoms. The van der Waals surface area contributed by atoms with Crippen molar-refractivity contribution in [1.29, 1.82) is 0 Å². The van der Waals surface area contributed by atoms with Gasteiger partial charge in [-0.2, -0.15) is 4.98 Å². The third-order valence-corrected chi connectivity index (χ3v) is 3.39. The summed E-state index contributed by atoms with van der Waals surface area (Å²) in [5.74, 6) is 2.20. The Balaban J connectivity index is 1.72. The molecule has 5 nitrogen and oxygen atoms in total.